The third-order valence-electron chi connectivity index (χ3n) is 4.75. The summed E-state index contributed by atoms with van der Waals surface area (Å²) in [5.74, 6) is 0.679. The maximum absolute atomic E-state index is 10.5. The summed E-state index contributed by atoms with van der Waals surface area (Å²) in [7, 11) is 0. The molecule has 4 nitrogen and oxygen atoms in total. The summed E-state index contributed by atoms with van der Waals surface area (Å²) in [5.41, 5.74) is 5.80. The highest BCUT2D eigenvalue weighted by Gasteiger charge is 2.13. The Bertz CT molecular complexity index is 698. The lowest BCUT2D eigenvalue weighted by Gasteiger charge is -2.15. The molecule has 0 saturated heterocycles. The molecule has 27 heavy (non-hydrogen) atoms. The smallest absolute Gasteiger partial charge is 0.126 e. The number of phenolic OH excluding ortho intramolecular Hbond substituents is 2. The molecule has 0 atom stereocenters. The lowest BCUT2D eigenvalue weighted by molar-refractivity contribution is 0.126. The van der Waals surface area contributed by atoms with Crippen LogP contribution < -0.4 is 0 Å². The Kier molecular flexibility index (Phi) is 8.14. The van der Waals surface area contributed by atoms with Crippen LogP contribution in [0.2, 0.25) is 0 Å². The van der Waals surface area contributed by atoms with E-state index in [0.717, 1.165) is 52.6 Å². The molecule has 0 aliphatic carbocycles. The predicted octanol–water partition coefficient (Wildman–Crippen LogP) is 4.89. The van der Waals surface area contributed by atoms with Crippen LogP contribution in [0.1, 0.15) is 61.1 Å². The van der Waals surface area contributed by atoms with Crippen molar-refractivity contribution in [3.8, 4) is 11.5 Å². The average Bonchev–Trinajstić information content (AvgIpc) is 2.68. The van der Waals surface area contributed by atoms with E-state index in [0.29, 0.717) is 32.2 Å². The summed E-state index contributed by atoms with van der Waals surface area (Å²) >= 11 is 0. The quantitative estimate of drug-likeness (QED) is 0.624. The monoisotopic (exact) mass is 372 g/mol. The van der Waals surface area contributed by atoms with E-state index in [-0.39, 0.29) is 5.75 Å². The normalized spacial score (nSPS) is 11.1. The molecule has 0 amide bonds. The van der Waals surface area contributed by atoms with Crippen LogP contribution in [0.4, 0.5) is 0 Å². The number of rotatable bonds is 10. The molecule has 2 aromatic carbocycles. The van der Waals surface area contributed by atoms with Crippen LogP contribution in [-0.4, -0.2) is 23.4 Å². The van der Waals surface area contributed by atoms with Gasteiger partial charge in [0.05, 0.1) is 13.2 Å². The van der Waals surface area contributed by atoms with Crippen molar-refractivity contribution in [2.45, 2.75) is 60.2 Å². The summed E-state index contributed by atoms with van der Waals surface area (Å²) in [5, 5.41) is 20.9. The molecule has 2 rings (SSSR count). The van der Waals surface area contributed by atoms with Gasteiger partial charge in [-0.1, -0.05) is 26.0 Å². The first-order valence-corrected chi connectivity index (χ1v) is 9.86. The van der Waals surface area contributed by atoms with Gasteiger partial charge in [0, 0.05) is 24.3 Å². The van der Waals surface area contributed by atoms with Gasteiger partial charge >= 0.3 is 0 Å². The second-order valence-electron chi connectivity index (χ2n) is 6.68. The van der Waals surface area contributed by atoms with E-state index in [1.807, 2.05) is 26.0 Å². The van der Waals surface area contributed by atoms with Gasteiger partial charge in [-0.25, -0.2) is 0 Å². The zero-order chi connectivity index (χ0) is 19.8. The molecule has 4 heteroatoms. The van der Waals surface area contributed by atoms with Gasteiger partial charge in [0.15, 0.2) is 0 Å². The number of hydrogen-bond acceptors (Lipinski definition) is 4. The molecule has 0 aromatic heterocycles. The molecule has 0 unspecified atom stereocenters. The summed E-state index contributed by atoms with van der Waals surface area (Å²) in [4.78, 5) is 0. The van der Waals surface area contributed by atoms with E-state index in [2.05, 4.69) is 26.0 Å². The third kappa shape index (κ3) is 5.47. The number of benzene rings is 2. The van der Waals surface area contributed by atoms with Crippen LogP contribution in [0.25, 0.3) is 0 Å². The first kappa shape index (κ1) is 21.3. The van der Waals surface area contributed by atoms with Gasteiger partial charge in [-0.2, -0.15) is 0 Å². The van der Waals surface area contributed by atoms with Gasteiger partial charge < -0.3 is 19.7 Å². The minimum absolute atomic E-state index is 0.259. The maximum Gasteiger partial charge on any atom is 0.126 e. The van der Waals surface area contributed by atoms with Crippen molar-refractivity contribution in [1.29, 1.82) is 0 Å². The van der Waals surface area contributed by atoms with Gasteiger partial charge in [-0.15, -0.1) is 0 Å². The molecule has 2 N–H and O–H groups in total. The summed E-state index contributed by atoms with van der Waals surface area (Å²) in [6.07, 6.45) is 2.33. The fourth-order valence-corrected chi connectivity index (χ4v) is 3.29. The predicted molar refractivity (Wildman–Crippen MR) is 108 cm³/mol. The lowest BCUT2D eigenvalue weighted by atomic mass is 9.94. The molecule has 0 heterocycles. The number of hydrogen-bond donors (Lipinski definition) is 2. The topological polar surface area (TPSA) is 58.9 Å². The molecule has 0 aliphatic rings. The highest BCUT2D eigenvalue weighted by Crippen LogP contribution is 2.30. The summed E-state index contributed by atoms with van der Waals surface area (Å²) in [6.45, 7) is 9.95. The second kappa shape index (κ2) is 10.3. The highest BCUT2D eigenvalue weighted by atomic mass is 16.5. The van der Waals surface area contributed by atoms with Gasteiger partial charge in [0.2, 0.25) is 0 Å². The van der Waals surface area contributed by atoms with E-state index >= 15 is 0 Å². The Morgan fingerprint density at radius 1 is 0.630 bits per heavy atom. The Balaban J connectivity index is 2.39. The molecule has 0 saturated carbocycles. The third-order valence-corrected chi connectivity index (χ3v) is 4.75. The zero-order valence-electron chi connectivity index (χ0n) is 17.0. The summed E-state index contributed by atoms with van der Waals surface area (Å²) in [6, 6.07) is 8.16. The van der Waals surface area contributed by atoms with Crippen LogP contribution in [-0.2, 0) is 41.9 Å². The molecule has 0 aliphatic heterocycles. The molecule has 0 bridgehead atoms. The van der Waals surface area contributed by atoms with Crippen LogP contribution in [0.3, 0.4) is 0 Å². The lowest BCUT2D eigenvalue weighted by Crippen LogP contribution is -2.02. The SMILES string of the molecule is CCOCc1cc(Cc2cc(CC)c(O)c(CC)c2)cc(COCC)c1O. The molecule has 0 radical (unpaired) electrons. The van der Waals surface area contributed by atoms with Crippen molar-refractivity contribution in [3.63, 3.8) is 0 Å². The molecule has 148 valence electrons. The van der Waals surface area contributed by atoms with Gasteiger partial charge in [0.25, 0.3) is 0 Å². The molecular weight excluding hydrogens is 340 g/mol. The summed E-state index contributed by atoms with van der Waals surface area (Å²) < 4.78 is 11.0. The largest absolute Gasteiger partial charge is 0.507 e. The van der Waals surface area contributed by atoms with Gasteiger partial charge in [-0.05, 0) is 67.5 Å². The Morgan fingerprint density at radius 2 is 1.00 bits per heavy atom. The fourth-order valence-electron chi connectivity index (χ4n) is 3.29. The van der Waals surface area contributed by atoms with Gasteiger partial charge in [0.1, 0.15) is 11.5 Å². The van der Waals surface area contributed by atoms with Crippen molar-refractivity contribution in [2.75, 3.05) is 13.2 Å². The molecular formula is C23H32O4. The van der Waals surface area contributed by atoms with E-state index in [4.69, 9.17) is 9.47 Å². The molecule has 2 aromatic rings. The van der Waals surface area contributed by atoms with Crippen molar-refractivity contribution in [1.82, 2.24) is 0 Å². The van der Waals surface area contributed by atoms with Crippen LogP contribution in [0.5, 0.6) is 11.5 Å². The van der Waals surface area contributed by atoms with E-state index in [9.17, 15) is 10.2 Å². The number of aromatic hydroxyl groups is 2. The maximum atomic E-state index is 10.5. The fraction of sp³-hybridized carbons (Fsp3) is 0.478. The number of aryl methyl sites for hydroxylation is 2. The number of ether oxygens (including phenoxy) is 2. The van der Waals surface area contributed by atoms with Crippen molar-refractivity contribution < 1.29 is 19.7 Å². The van der Waals surface area contributed by atoms with Crippen LogP contribution >= 0.6 is 0 Å². The van der Waals surface area contributed by atoms with E-state index in [1.165, 1.54) is 0 Å². The minimum Gasteiger partial charge on any atom is -0.507 e. The minimum atomic E-state index is 0.259. The Labute approximate surface area is 162 Å². The van der Waals surface area contributed by atoms with Crippen LogP contribution in [0.15, 0.2) is 24.3 Å². The Morgan fingerprint density at radius 3 is 1.37 bits per heavy atom. The van der Waals surface area contributed by atoms with Crippen molar-refractivity contribution >= 4 is 0 Å². The zero-order valence-corrected chi connectivity index (χ0v) is 17.0. The average molecular weight is 373 g/mol. The Hall–Kier alpha value is -2.04. The number of phenols is 2. The second-order valence-corrected chi connectivity index (χ2v) is 6.68. The standard InChI is InChI=1S/C23H32O4/c1-5-18-10-16(11-19(6-2)22(18)24)9-17-12-20(14-26-7-3)23(25)21(13-17)15-27-8-4/h10-13,24-25H,5-9,14-15H2,1-4H3. The van der Waals surface area contributed by atoms with E-state index in [1.54, 1.807) is 0 Å². The first-order chi connectivity index (χ1) is 13.0. The first-order valence-electron chi connectivity index (χ1n) is 9.86. The van der Waals surface area contributed by atoms with Crippen molar-refractivity contribution in [2.24, 2.45) is 0 Å². The van der Waals surface area contributed by atoms with Crippen molar-refractivity contribution in [3.05, 3.63) is 57.6 Å². The van der Waals surface area contributed by atoms with E-state index < -0.39 is 0 Å². The molecule has 0 fully saturated rings. The molecule has 0 spiro atoms. The van der Waals surface area contributed by atoms with Crippen LogP contribution in [0, 0.1) is 0 Å². The highest BCUT2D eigenvalue weighted by molar-refractivity contribution is 5.48. The van der Waals surface area contributed by atoms with Gasteiger partial charge in [-0.3, -0.25) is 0 Å².